The molecule has 0 spiro atoms. The van der Waals surface area contributed by atoms with Crippen molar-refractivity contribution in [1.29, 1.82) is 0 Å². The highest BCUT2D eigenvalue weighted by Gasteiger charge is 2.21. The molecule has 0 radical (unpaired) electrons. The summed E-state index contributed by atoms with van der Waals surface area (Å²) >= 11 is 0. The normalized spacial score (nSPS) is 12.6. The van der Waals surface area contributed by atoms with Gasteiger partial charge in [-0.25, -0.2) is 0 Å². The summed E-state index contributed by atoms with van der Waals surface area (Å²) in [5.74, 6) is 0. The van der Waals surface area contributed by atoms with E-state index in [4.69, 9.17) is 5.73 Å². The van der Waals surface area contributed by atoms with Gasteiger partial charge in [0.1, 0.15) is 0 Å². The second-order valence-electron chi connectivity index (χ2n) is 3.97. The first-order valence-corrected chi connectivity index (χ1v) is 5.58. The molecule has 0 rings (SSSR count). The van der Waals surface area contributed by atoms with Gasteiger partial charge >= 0.3 is 0 Å². The molecule has 0 bridgehead atoms. The van der Waals surface area contributed by atoms with E-state index in [0.29, 0.717) is 0 Å². The Kier molecular flexibility index (Phi) is 6.97. The molecule has 0 unspecified atom stereocenters. The second-order valence-corrected chi connectivity index (χ2v) is 3.97. The molecule has 0 aromatic heterocycles. The van der Waals surface area contributed by atoms with Crippen LogP contribution in [-0.2, 0) is 0 Å². The molecular formula is C12H25N. The van der Waals surface area contributed by atoms with Gasteiger partial charge in [-0.2, -0.15) is 0 Å². The van der Waals surface area contributed by atoms with Crippen molar-refractivity contribution < 1.29 is 0 Å². The van der Waals surface area contributed by atoms with Crippen molar-refractivity contribution in [3.05, 3.63) is 12.2 Å². The van der Waals surface area contributed by atoms with Gasteiger partial charge in [0.25, 0.3) is 0 Å². The van der Waals surface area contributed by atoms with Gasteiger partial charge < -0.3 is 5.73 Å². The molecule has 13 heavy (non-hydrogen) atoms. The number of allylic oxidation sites excluding steroid dienone is 2. The topological polar surface area (TPSA) is 26.0 Å². The minimum atomic E-state index is 0.100. The maximum Gasteiger partial charge on any atom is 0.0157 e. The summed E-state index contributed by atoms with van der Waals surface area (Å²) in [4.78, 5) is 0. The maximum absolute atomic E-state index is 6.33. The van der Waals surface area contributed by atoms with Crippen LogP contribution in [0.15, 0.2) is 12.2 Å². The summed E-state index contributed by atoms with van der Waals surface area (Å²) in [6.45, 7) is 6.50. The highest BCUT2D eigenvalue weighted by atomic mass is 14.7. The van der Waals surface area contributed by atoms with Crippen molar-refractivity contribution in [2.75, 3.05) is 0 Å². The van der Waals surface area contributed by atoms with Crippen LogP contribution in [0.25, 0.3) is 0 Å². The van der Waals surface area contributed by atoms with E-state index in [9.17, 15) is 0 Å². The minimum absolute atomic E-state index is 0.100. The first-order valence-electron chi connectivity index (χ1n) is 5.58. The molecule has 78 valence electrons. The lowest BCUT2D eigenvalue weighted by molar-refractivity contribution is 0.335. The van der Waals surface area contributed by atoms with Gasteiger partial charge in [-0.1, -0.05) is 38.8 Å². The fourth-order valence-corrected chi connectivity index (χ4v) is 1.91. The van der Waals surface area contributed by atoms with Crippen LogP contribution in [0.2, 0.25) is 0 Å². The lowest BCUT2D eigenvalue weighted by Crippen LogP contribution is -2.39. The second kappa shape index (κ2) is 7.14. The maximum atomic E-state index is 6.33. The molecule has 2 N–H and O–H groups in total. The van der Waals surface area contributed by atoms with Gasteiger partial charge in [0, 0.05) is 5.54 Å². The van der Waals surface area contributed by atoms with Crippen LogP contribution in [0.3, 0.4) is 0 Å². The Labute approximate surface area is 83.4 Å². The Morgan fingerprint density at radius 3 is 2.00 bits per heavy atom. The summed E-state index contributed by atoms with van der Waals surface area (Å²) in [7, 11) is 0. The Morgan fingerprint density at radius 1 is 1.08 bits per heavy atom. The van der Waals surface area contributed by atoms with E-state index in [-0.39, 0.29) is 5.54 Å². The molecule has 0 aromatic rings. The molecular weight excluding hydrogens is 158 g/mol. The van der Waals surface area contributed by atoms with Crippen LogP contribution < -0.4 is 5.73 Å². The van der Waals surface area contributed by atoms with E-state index >= 15 is 0 Å². The van der Waals surface area contributed by atoms with E-state index in [1.165, 1.54) is 25.7 Å². The van der Waals surface area contributed by atoms with Gasteiger partial charge in [-0.15, -0.1) is 0 Å². The van der Waals surface area contributed by atoms with E-state index < -0.39 is 0 Å². The smallest absolute Gasteiger partial charge is 0.0157 e. The average molecular weight is 183 g/mol. The van der Waals surface area contributed by atoms with E-state index in [1.54, 1.807) is 0 Å². The summed E-state index contributed by atoms with van der Waals surface area (Å²) in [6, 6.07) is 0. The SMILES string of the molecule is CC=CCCC(N)(CCC)CCC. The molecule has 0 fully saturated rings. The predicted molar refractivity (Wildman–Crippen MR) is 60.8 cm³/mol. The number of rotatable bonds is 7. The Balaban J connectivity index is 3.90. The van der Waals surface area contributed by atoms with E-state index in [0.717, 1.165) is 12.8 Å². The highest BCUT2D eigenvalue weighted by molar-refractivity contribution is 4.87. The summed E-state index contributed by atoms with van der Waals surface area (Å²) in [5.41, 5.74) is 6.43. The zero-order valence-electron chi connectivity index (χ0n) is 9.47. The molecule has 0 saturated heterocycles. The molecule has 0 aromatic carbocycles. The number of nitrogens with two attached hydrogens (primary N) is 1. The minimum Gasteiger partial charge on any atom is -0.325 e. The third-order valence-corrected chi connectivity index (χ3v) is 2.54. The predicted octanol–water partition coefficient (Wildman–Crippen LogP) is 3.64. The molecule has 0 amide bonds. The van der Waals surface area contributed by atoms with E-state index in [2.05, 4.69) is 32.9 Å². The molecule has 0 aliphatic carbocycles. The fraction of sp³-hybridized carbons (Fsp3) is 0.833. The van der Waals surface area contributed by atoms with E-state index in [1.807, 2.05) is 0 Å². The van der Waals surface area contributed by atoms with Crippen LogP contribution in [-0.4, -0.2) is 5.54 Å². The first-order chi connectivity index (χ1) is 6.18. The van der Waals surface area contributed by atoms with Crippen LogP contribution in [0, 0.1) is 0 Å². The molecule has 0 atom stereocenters. The Hall–Kier alpha value is -0.300. The van der Waals surface area contributed by atoms with Crippen LogP contribution in [0.5, 0.6) is 0 Å². The summed E-state index contributed by atoms with van der Waals surface area (Å²) in [5, 5.41) is 0. The van der Waals surface area contributed by atoms with Crippen molar-refractivity contribution in [2.45, 2.75) is 64.8 Å². The summed E-state index contributed by atoms with van der Waals surface area (Å²) < 4.78 is 0. The van der Waals surface area contributed by atoms with Crippen molar-refractivity contribution in [2.24, 2.45) is 5.73 Å². The van der Waals surface area contributed by atoms with Crippen LogP contribution >= 0.6 is 0 Å². The monoisotopic (exact) mass is 183 g/mol. The largest absolute Gasteiger partial charge is 0.325 e. The molecule has 0 saturated carbocycles. The lowest BCUT2D eigenvalue weighted by Gasteiger charge is -2.28. The highest BCUT2D eigenvalue weighted by Crippen LogP contribution is 2.22. The zero-order valence-corrected chi connectivity index (χ0v) is 9.47. The molecule has 1 nitrogen and oxygen atoms in total. The van der Waals surface area contributed by atoms with Crippen LogP contribution in [0.4, 0.5) is 0 Å². The van der Waals surface area contributed by atoms with Gasteiger partial charge in [0.15, 0.2) is 0 Å². The third kappa shape index (κ3) is 5.87. The van der Waals surface area contributed by atoms with Crippen molar-refractivity contribution in [1.82, 2.24) is 0 Å². The first kappa shape index (κ1) is 12.7. The van der Waals surface area contributed by atoms with Crippen LogP contribution in [0.1, 0.15) is 59.3 Å². The van der Waals surface area contributed by atoms with Gasteiger partial charge in [-0.05, 0) is 32.6 Å². The van der Waals surface area contributed by atoms with Crippen molar-refractivity contribution >= 4 is 0 Å². The third-order valence-electron chi connectivity index (χ3n) is 2.54. The Bertz CT molecular complexity index is 132. The van der Waals surface area contributed by atoms with Crippen molar-refractivity contribution in [3.63, 3.8) is 0 Å². The fourth-order valence-electron chi connectivity index (χ4n) is 1.91. The van der Waals surface area contributed by atoms with Gasteiger partial charge in [0.2, 0.25) is 0 Å². The average Bonchev–Trinajstić information content (AvgIpc) is 2.05. The lowest BCUT2D eigenvalue weighted by atomic mass is 9.85. The molecule has 0 heterocycles. The molecule has 0 aliphatic rings. The molecule has 1 heteroatoms. The van der Waals surface area contributed by atoms with Gasteiger partial charge in [0.05, 0.1) is 0 Å². The standard InChI is InChI=1S/C12H25N/c1-4-7-8-11-12(13,9-5-2)10-6-3/h4,7H,5-6,8-11,13H2,1-3H3. The summed E-state index contributed by atoms with van der Waals surface area (Å²) in [6.07, 6.45) is 11.3. The van der Waals surface area contributed by atoms with Crippen molar-refractivity contribution in [3.8, 4) is 0 Å². The Morgan fingerprint density at radius 2 is 1.62 bits per heavy atom. The molecule has 0 aliphatic heterocycles. The quantitative estimate of drug-likeness (QED) is 0.599. The zero-order chi connectivity index (χ0) is 10.2. The number of hydrogen-bond acceptors (Lipinski definition) is 1. The number of hydrogen-bond donors (Lipinski definition) is 1. The van der Waals surface area contributed by atoms with Gasteiger partial charge in [-0.3, -0.25) is 0 Å².